The van der Waals surface area contributed by atoms with E-state index in [1.165, 1.54) is 0 Å². The Labute approximate surface area is 121 Å². The highest BCUT2D eigenvalue weighted by Crippen LogP contribution is 2.40. The predicted octanol–water partition coefficient (Wildman–Crippen LogP) is 1.56. The molecule has 0 saturated heterocycles. The summed E-state index contributed by atoms with van der Waals surface area (Å²) in [6.07, 6.45) is 1.65. The maximum atomic E-state index is 12.5. The fraction of sp³-hybridized carbons (Fsp3) is 0.400. The van der Waals surface area contributed by atoms with Crippen molar-refractivity contribution in [1.29, 1.82) is 0 Å². The topological polar surface area (TPSA) is 84.2 Å². The average molecular weight is 287 g/mol. The van der Waals surface area contributed by atoms with Crippen LogP contribution in [0.25, 0.3) is 10.9 Å². The molecule has 1 aliphatic rings. The number of carbonyl (C=O) groups is 2. The van der Waals surface area contributed by atoms with E-state index in [1.54, 1.807) is 18.7 Å². The van der Waals surface area contributed by atoms with E-state index in [0.29, 0.717) is 0 Å². The van der Waals surface area contributed by atoms with Gasteiger partial charge in [-0.15, -0.1) is 0 Å². The lowest BCUT2D eigenvalue weighted by Gasteiger charge is -2.25. The zero-order chi connectivity index (χ0) is 15.2. The van der Waals surface area contributed by atoms with E-state index >= 15 is 0 Å². The molecule has 6 heteroatoms. The number of benzene rings is 1. The zero-order valence-electron chi connectivity index (χ0n) is 12.0. The number of carbonyl (C=O) groups excluding carboxylic acids is 1. The second kappa shape index (κ2) is 4.58. The molecule has 1 atom stereocenters. The summed E-state index contributed by atoms with van der Waals surface area (Å²) in [4.78, 5) is 24.0. The molecule has 3 rings (SSSR count). The first-order valence-electron chi connectivity index (χ1n) is 6.91. The first-order valence-corrected chi connectivity index (χ1v) is 6.91. The summed E-state index contributed by atoms with van der Waals surface area (Å²) < 4.78 is 1.62. The van der Waals surface area contributed by atoms with Crippen LogP contribution < -0.4 is 5.32 Å². The van der Waals surface area contributed by atoms with E-state index in [-0.39, 0.29) is 11.6 Å². The van der Waals surface area contributed by atoms with E-state index in [1.807, 2.05) is 24.3 Å². The molecule has 1 aromatic carbocycles. The molecule has 1 heterocycles. The van der Waals surface area contributed by atoms with Crippen LogP contribution in [0.1, 0.15) is 30.3 Å². The van der Waals surface area contributed by atoms with Crippen LogP contribution >= 0.6 is 0 Å². The normalized spacial score (nSPS) is 17.4. The largest absolute Gasteiger partial charge is 0.480 e. The summed E-state index contributed by atoms with van der Waals surface area (Å²) >= 11 is 0. The molecule has 1 amide bonds. The second-order valence-corrected chi connectivity index (χ2v) is 5.73. The Morgan fingerprint density at radius 1 is 1.38 bits per heavy atom. The number of aryl methyl sites for hydroxylation is 1. The summed E-state index contributed by atoms with van der Waals surface area (Å²) in [5.41, 5.74) is -0.122. The number of nitrogens with one attached hydrogen (secondary N) is 1. The van der Waals surface area contributed by atoms with Crippen LogP contribution in [0.5, 0.6) is 0 Å². The highest BCUT2D eigenvalue weighted by atomic mass is 16.4. The van der Waals surface area contributed by atoms with Crippen molar-refractivity contribution in [3.63, 3.8) is 0 Å². The number of aromatic nitrogens is 2. The fourth-order valence-corrected chi connectivity index (χ4v) is 2.67. The highest BCUT2D eigenvalue weighted by molar-refractivity contribution is 6.06. The number of amides is 1. The maximum absolute atomic E-state index is 12.5. The Bertz CT molecular complexity index is 733. The smallest absolute Gasteiger partial charge is 0.329 e. The molecule has 2 aromatic rings. The Morgan fingerprint density at radius 3 is 2.67 bits per heavy atom. The van der Waals surface area contributed by atoms with E-state index in [2.05, 4.69) is 10.4 Å². The Hall–Kier alpha value is -2.37. The van der Waals surface area contributed by atoms with Crippen LogP contribution in [0.2, 0.25) is 0 Å². The third-order valence-corrected chi connectivity index (χ3v) is 4.18. The molecule has 0 spiro atoms. The van der Waals surface area contributed by atoms with Gasteiger partial charge in [0.2, 0.25) is 0 Å². The van der Waals surface area contributed by atoms with Gasteiger partial charge in [-0.25, -0.2) is 4.79 Å². The van der Waals surface area contributed by atoms with Gasteiger partial charge in [-0.05, 0) is 31.7 Å². The van der Waals surface area contributed by atoms with Crippen LogP contribution in [0.15, 0.2) is 24.3 Å². The Balaban J connectivity index is 1.96. The molecule has 21 heavy (non-hydrogen) atoms. The number of carboxylic acid groups (broad SMARTS) is 1. The van der Waals surface area contributed by atoms with Crippen molar-refractivity contribution in [3.05, 3.63) is 30.0 Å². The number of hydrogen-bond acceptors (Lipinski definition) is 3. The van der Waals surface area contributed by atoms with Gasteiger partial charge in [-0.1, -0.05) is 18.2 Å². The van der Waals surface area contributed by atoms with Crippen molar-refractivity contribution in [2.45, 2.75) is 25.3 Å². The zero-order valence-corrected chi connectivity index (χ0v) is 12.0. The molecule has 1 fully saturated rings. The SMILES string of the molecule is Cn1nc(C(=O)NC(C)(C(=O)O)C2CC2)c2ccccc21. The van der Waals surface area contributed by atoms with E-state index in [0.717, 1.165) is 23.7 Å². The van der Waals surface area contributed by atoms with Crippen LogP contribution in [-0.4, -0.2) is 32.3 Å². The van der Waals surface area contributed by atoms with Gasteiger partial charge in [0, 0.05) is 12.4 Å². The van der Waals surface area contributed by atoms with Crippen molar-refractivity contribution in [1.82, 2.24) is 15.1 Å². The summed E-state index contributed by atoms with van der Waals surface area (Å²) in [5, 5.41) is 17.0. The number of aliphatic carboxylic acids is 1. The molecule has 0 aliphatic heterocycles. The highest BCUT2D eigenvalue weighted by Gasteiger charge is 2.49. The van der Waals surface area contributed by atoms with E-state index in [9.17, 15) is 14.7 Å². The minimum Gasteiger partial charge on any atom is -0.480 e. The van der Waals surface area contributed by atoms with Crippen LogP contribution in [0.3, 0.4) is 0 Å². The van der Waals surface area contributed by atoms with Gasteiger partial charge in [0.15, 0.2) is 5.69 Å². The molecule has 0 radical (unpaired) electrons. The van der Waals surface area contributed by atoms with Gasteiger partial charge in [-0.3, -0.25) is 9.48 Å². The van der Waals surface area contributed by atoms with Gasteiger partial charge in [0.25, 0.3) is 5.91 Å². The van der Waals surface area contributed by atoms with Crippen molar-refractivity contribution in [2.24, 2.45) is 13.0 Å². The molecule has 1 unspecified atom stereocenters. The molecular weight excluding hydrogens is 270 g/mol. The number of para-hydroxylation sites is 1. The lowest BCUT2D eigenvalue weighted by molar-refractivity contribution is -0.144. The second-order valence-electron chi connectivity index (χ2n) is 5.73. The van der Waals surface area contributed by atoms with Gasteiger partial charge >= 0.3 is 5.97 Å². The lowest BCUT2D eigenvalue weighted by atomic mass is 9.95. The number of rotatable bonds is 4. The number of hydrogen-bond donors (Lipinski definition) is 2. The standard InChI is InChI=1S/C15H17N3O3/c1-15(14(20)21,9-7-8-9)16-13(19)12-10-5-3-4-6-11(10)18(2)17-12/h3-6,9H,7-8H2,1-2H3,(H,16,19)(H,20,21). The summed E-state index contributed by atoms with van der Waals surface area (Å²) in [5.74, 6) is -1.45. The van der Waals surface area contributed by atoms with Crippen LogP contribution in [0, 0.1) is 5.92 Å². The molecule has 1 aliphatic carbocycles. The van der Waals surface area contributed by atoms with E-state index in [4.69, 9.17) is 0 Å². The number of nitrogens with zero attached hydrogens (tertiary/aromatic N) is 2. The summed E-state index contributed by atoms with van der Waals surface area (Å²) in [7, 11) is 1.76. The van der Waals surface area contributed by atoms with Gasteiger partial charge in [0.05, 0.1) is 5.52 Å². The van der Waals surface area contributed by atoms with Crippen molar-refractivity contribution >= 4 is 22.8 Å². The first kappa shape index (κ1) is 13.6. The van der Waals surface area contributed by atoms with Gasteiger partial charge < -0.3 is 10.4 Å². The average Bonchev–Trinajstić information content (AvgIpc) is 3.24. The molecular formula is C15H17N3O3. The fourth-order valence-electron chi connectivity index (χ4n) is 2.67. The van der Waals surface area contributed by atoms with Crippen LogP contribution in [-0.2, 0) is 11.8 Å². The first-order chi connectivity index (χ1) is 9.93. The molecule has 6 nitrogen and oxygen atoms in total. The quantitative estimate of drug-likeness (QED) is 0.893. The Morgan fingerprint density at radius 2 is 2.05 bits per heavy atom. The predicted molar refractivity (Wildman–Crippen MR) is 76.9 cm³/mol. The van der Waals surface area contributed by atoms with Crippen molar-refractivity contribution in [3.8, 4) is 0 Å². The molecule has 1 aromatic heterocycles. The third-order valence-electron chi connectivity index (χ3n) is 4.18. The number of carboxylic acids is 1. The molecule has 110 valence electrons. The number of fused-ring (bicyclic) bond motifs is 1. The minimum atomic E-state index is -1.23. The van der Waals surface area contributed by atoms with Crippen LogP contribution in [0.4, 0.5) is 0 Å². The summed E-state index contributed by atoms with van der Waals surface area (Å²) in [6.45, 7) is 1.57. The van der Waals surface area contributed by atoms with Gasteiger partial charge in [0.1, 0.15) is 5.54 Å². The van der Waals surface area contributed by atoms with Crippen molar-refractivity contribution < 1.29 is 14.7 Å². The summed E-state index contributed by atoms with van der Waals surface area (Å²) in [6, 6.07) is 7.39. The van der Waals surface area contributed by atoms with E-state index < -0.39 is 17.4 Å². The minimum absolute atomic E-state index is 0.00562. The maximum Gasteiger partial charge on any atom is 0.329 e. The van der Waals surface area contributed by atoms with Gasteiger partial charge in [-0.2, -0.15) is 5.10 Å². The van der Waals surface area contributed by atoms with Crippen molar-refractivity contribution in [2.75, 3.05) is 0 Å². The molecule has 0 bridgehead atoms. The molecule has 2 N–H and O–H groups in total. The lowest BCUT2D eigenvalue weighted by Crippen LogP contribution is -2.54. The molecule has 1 saturated carbocycles. The Kier molecular flexibility index (Phi) is 2.97. The third kappa shape index (κ3) is 2.16. The monoisotopic (exact) mass is 287 g/mol.